The Hall–Kier alpha value is -6.68. The van der Waals surface area contributed by atoms with Gasteiger partial charge in [-0.1, -0.05) is 121 Å². The van der Waals surface area contributed by atoms with Crippen LogP contribution in [0.25, 0.3) is 109 Å². The maximum absolute atomic E-state index is 2.52. The molecule has 12 rings (SSSR count). The SMILES string of the molecule is C1=c2c(n(-c3ccc(-c4ccc5c(c4)sc4ccccc45)c4ccccc34)c3ccc(-c4ccc5c(c4)c4ccccc4n5-c4ccccc4)cc23)=CCC1. The van der Waals surface area contributed by atoms with Gasteiger partial charge in [0.15, 0.2) is 0 Å². The fraction of sp³-hybridized carbons (Fsp3) is 0.0385. The zero-order valence-electron chi connectivity index (χ0n) is 30.0. The van der Waals surface area contributed by atoms with Crippen molar-refractivity contribution in [3.05, 3.63) is 180 Å². The van der Waals surface area contributed by atoms with Gasteiger partial charge in [0.2, 0.25) is 0 Å². The van der Waals surface area contributed by atoms with E-state index in [0.717, 1.165) is 12.8 Å². The van der Waals surface area contributed by atoms with Crippen LogP contribution in [-0.2, 0) is 0 Å². The summed E-state index contributed by atoms with van der Waals surface area (Å²) < 4.78 is 7.57. The summed E-state index contributed by atoms with van der Waals surface area (Å²) in [6.45, 7) is 0. The highest BCUT2D eigenvalue weighted by molar-refractivity contribution is 7.25. The van der Waals surface area contributed by atoms with Gasteiger partial charge in [-0.15, -0.1) is 11.3 Å². The van der Waals surface area contributed by atoms with E-state index < -0.39 is 0 Å². The number of thiophene rings is 1. The van der Waals surface area contributed by atoms with Crippen LogP contribution in [0.1, 0.15) is 12.8 Å². The molecule has 0 saturated carbocycles. The summed E-state index contributed by atoms with van der Waals surface area (Å²) in [5.41, 5.74) is 11.1. The molecule has 1 aliphatic carbocycles. The van der Waals surface area contributed by atoms with Crippen LogP contribution >= 0.6 is 11.3 Å². The van der Waals surface area contributed by atoms with Crippen LogP contribution < -0.4 is 10.6 Å². The molecule has 3 heterocycles. The molecule has 0 unspecified atom stereocenters. The van der Waals surface area contributed by atoms with Crippen LogP contribution in [0.3, 0.4) is 0 Å². The Morgan fingerprint density at radius 1 is 0.382 bits per heavy atom. The molecule has 0 radical (unpaired) electrons. The molecule has 11 aromatic rings. The molecule has 0 bridgehead atoms. The van der Waals surface area contributed by atoms with E-state index in [4.69, 9.17) is 0 Å². The average Bonchev–Trinajstić information content (AvgIpc) is 3.90. The quantitative estimate of drug-likeness (QED) is 0.171. The number of benzene rings is 8. The first-order valence-electron chi connectivity index (χ1n) is 19.2. The Kier molecular flexibility index (Phi) is 6.66. The molecule has 55 heavy (non-hydrogen) atoms. The summed E-state index contributed by atoms with van der Waals surface area (Å²) in [5.74, 6) is 0. The highest BCUT2D eigenvalue weighted by atomic mass is 32.1. The predicted molar refractivity (Wildman–Crippen MR) is 236 cm³/mol. The van der Waals surface area contributed by atoms with Crippen molar-refractivity contribution in [3.8, 4) is 33.6 Å². The number of hydrogen-bond acceptors (Lipinski definition) is 1. The summed E-state index contributed by atoms with van der Waals surface area (Å²) in [6, 6.07) is 62.9. The van der Waals surface area contributed by atoms with Gasteiger partial charge in [-0.25, -0.2) is 0 Å². The number of para-hydroxylation sites is 2. The van der Waals surface area contributed by atoms with E-state index in [1.807, 2.05) is 11.3 Å². The third kappa shape index (κ3) is 4.60. The minimum Gasteiger partial charge on any atom is -0.309 e. The van der Waals surface area contributed by atoms with Gasteiger partial charge in [-0.05, 0) is 101 Å². The first-order valence-corrected chi connectivity index (χ1v) is 20.0. The summed E-state index contributed by atoms with van der Waals surface area (Å²) in [5, 5.41) is 11.7. The Labute approximate surface area is 321 Å². The smallest absolute Gasteiger partial charge is 0.0541 e. The molecule has 0 atom stereocenters. The van der Waals surface area contributed by atoms with Crippen LogP contribution in [0.15, 0.2) is 170 Å². The summed E-state index contributed by atoms with van der Waals surface area (Å²) >= 11 is 1.88. The highest BCUT2D eigenvalue weighted by Crippen LogP contribution is 2.40. The maximum Gasteiger partial charge on any atom is 0.0541 e. The van der Waals surface area contributed by atoms with Crippen LogP contribution in [0, 0.1) is 0 Å². The third-order valence-corrected chi connectivity index (χ3v) is 12.9. The summed E-state index contributed by atoms with van der Waals surface area (Å²) in [4.78, 5) is 0. The molecule has 0 saturated heterocycles. The van der Waals surface area contributed by atoms with Gasteiger partial charge in [0, 0.05) is 58.0 Å². The zero-order chi connectivity index (χ0) is 36.0. The summed E-state index contributed by atoms with van der Waals surface area (Å²) in [7, 11) is 0. The zero-order valence-corrected chi connectivity index (χ0v) is 30.9. The molecule has 0 amide bonds. The van der Waals surface area contributed by atoms with E-state index in [0.29, 0.717) is 0 Å². The minimum absolute atomic E-state index is 1.05. The van der Waals surface area contributed by atoms with Gasteiger partial charge in [0.25, 0.3) is 0 Å². The monoisotopic (exact) mass is 718 g/mol. The molecular weight excluding hydrogens is 685 g/mol. The molecule has 2 nitrogen and oxygen atoms in total. The molecular formula is C52H34N2S. The van der Waals surface area contributed by atoms with E-state index in [1.165, 1.54) is 108 Å². The van der Waals surface area contributed by atoms with Crippen molar-refractivity contribution in [2.75, 3.05) is 0 Å². The van der Waals surface area contributed by atoms with Gasteiger partial charge in [0.05, 0.1) is 22.2 Å². The van der Waals surface area contributed by atoms with Crippen LogP contribution in [0.5, 0.6) is 0 Å². The largest absolute Gasteiger partial charge is 0.309 e. The standard InChI is InChI=1S/C52H34N2S/c1-2-12-36(13-3-1)53-46-19-9-6-16-40(46)44-30-33(23-27-49(44)53)34-24-28-50-45(31-34)41-17-7-10-20-47(41)54(50)48-29-26-37(38-14-4-5-15-39(38)48)35-22-25-43-42-18-8-11-21-51(42)55-52(43)32-35/h1-6,8-9,11-32H,7,10H2. The summed E-state index contributed by atoms with van der Waals surface area (Å²) in [6.07, 6.45) is 6.99. The van der Waals surface area contributed by atoms with E-state index in [1.54, 1.807) is 0 Å². The first kappa shape index (κ1) is 30.7. The van der Waals surface area contributed by atoms with Crippen LogP contribution in [0.2, 0.25) is 0 Å². The fourth-order valence-corrected chi connectivity index (χ4v) is 10.4. The lowest BCUT2D eigenvalue weighted by molar-refractivity contribution is 1.03. The van der Waals surface area contributed by atoms with Crippen molar-refractivity contribution >= 4 is 87.1 Å². The number of rotatable bonds is 4. The van der Waals surface area contributed by atoms with Crippen molar-refractivity contribution in [1.82, 2.24) is 9.13 Å². The number of fused-ring (bicyclic) bond motifs is 10. The Balaban J connectivity index is 1.02. The molecule has 0 N–H and O–H groups in total. The molecule has 1 aliphatic rings. The van der Waals surface area contributed by atoms with Crippen molar-refractivity contribution in [2.24, 2.45) is 0 Å². The lowest BCUT2D eigenvalue weighted by Crippen LogP contribution is -2.30. The minimum atomic E-state index is 1.05. The van der Waals surface area contributed by atoms with Crippen LogP contribution in [0.4, 0.5) is 0 Å². The molecule has 258 valence electrons. The Morgan fingerprint density at radius 2 is 1.02 bits per heavy atom. The van der Waals surface area contributed by atoms with Gasteiger partial charge in [-0.2, -0.15) is 0 Å². The van der Waals surface area contributed by atoms with E-state index in [2.05, 4.69) is 191 Å². The Bertz CT molecular complexity index is 3490. The van der Waals surface area contributed by atoms with E-state index >= 15 is 0 Å². The molecule has 0 fully saturated rings. The van der Waals surface area contributed by atoms with Crippen molar-refractivity contribution in [2.45, 2.75) is 12.8 Å². The average molecular weight is 719 g/mol. The van der Waals surface area contributed by atoms with Gasteiger partial charge in [0.1, 0.15) is 0 Å². The highest BCUT2D eigenvalue weighted by Gasteiger charge is 2.18. The number of nitrogens with zero attached hydrogens (tertiary/aromatic N) is 2. The third-order valence-electron chi connectivity index (χ3n) is 11.7. The van der Waals surface area contributed by atoms with E-state index in [9.17, 15) is 0 Å². The molecule has 0 aliphatic heterocycles. The fourth-order valence-electron chi connectivity index (χ4n) is 9.27. The second kappa shape index (κ2) is 11.9. The van der Waals surface area contributed by atoms with E-state index in [-0.39, 0.29) is 0 Å². The molecule has 3 heteroatoms. The lowest BCUT2D eigenvalue weighted by Gasteiger charge is -2.15. The second-order valence-electron chi connectivity index (χ2n) is 14.8. The van der Waals surface area contributed by atoms with Crippen molar-refractivity contribution < 1.29 is 0 Å². The topological polar surface area (TPSA) is 9.86 Å². The Morgan fingerprint density at radius 3 is 1.87 bits per heavy atom. The van der Waals surface area contributed by atoms with Crippen molar-refractivity contribution in [3.63, 3.8) is 0 Å². The predicted octanol–water partition coefficient (Wildman–Crippen LogP) is 12.9. The van der Waals surface area contributed by atoms with Gasteiger partial charge in [-0.3, -0.25) is 0 Å². The molecule has 3 aromatic heterocycles. The van der Waals surface area contributed by atoms with Gasteiger partial charge < -0.3 is 9.13 Å². The first-order chi connectivity index (χ1) is 27.3. The second-order valence-corrected chi connectivity index (χ2v) is 15.8. The maximum atomic E-state index is 2.52. The molecule has 0 spiro atoms. The normalized spacial score (nSPS) is 12.9. The van der Waals surface area contributed by atoms with Crippen LogP contribution in [-0.4, -0.2) is 9.13 Å². The molecule has 8 aromatic carbocycles. The van der Waals surface area contributed by atoms with Crippen molar-refractivity contribution in [1.29, 1.82) is 0 Å². The lowest BCUT2D eigenvalue weighted by atomic mass is 9.96. The number of aromatic nitrogens is 2. The number of hydrogen-bond donors (Lipinski definition) is 0. The van der Waals surface area contributed by atoms with Gasteiger partial charge >= 0.3 is 0 Å².